The second-order valence-electron chi connectivity index (χ2n) is 6.52. The van der Waals surface area contributed by atoms with Crippen molar-refractivity contribution in [2.24, 2.45) is 0 Å². The summed E-state index contributed by atoms with van der Waals surface area (Å²) in [5.41, 5.74) is 1.41. The average molecular weight is 367 g/mol. The van der Waals surface area contributed by atoms with Crippen LogP contribution in [0.15, 0.2) is 12.1 Å². The summed E-state index contributed by atoms with van der Waals surface area (Å²) in [6, 6.07) is 3.75. The Bertz CT molecular complexity index is 648. The van der Waals surface area contributed by atoms with E-state index in [4.69, 9.17) is 16.3 Å². The normalized spacial score (nSPS) is 17.3. The van der Waals surface area contributed by atoms with E-state index < -0.39 is 0 Å². The van der Waals surface area contributed by atoms with Crippen LogP contribution in [0, 0.1) is 6.92 Å². The summed E-state index contributed by atoms with van der Waals surface area (Å²) >= 11 is 6.16. The molecule has 1 fully saturated rings. The van der Waals surface area contributed by atoms with Gasteiger partial charge in [0.2, 0.25) is 11.8 Å². The molecular formula is C19H27ClN2O3. The van der Waals surface area contributed by atoms with Crippen LogP contribution in [-0.4, -0.2) is 43.0 Å². The van der Waals surface area contributed by atoms with Crippen molar-refractivity contribution in [3.63, 3.8) is 0 Å². The van der Waals surface area contributed by atoms with E-state index in [0.29, 0.717) is 16.5 Å². The first-order valence-electron chi connectivity index (χ1n) is 8.80. The summed E-state index contributed by atoms with van der Waals surface area (Å²) in [7, 11) is 1.53. The molecule has 0 bridgehead atoms. The zero-order valence-corrected chi connectivity index (χ0v) is 16.2. The number of likely N-dealkylation sites (tertiary alicyclic amines) is 1. The quantitative estimate of drug-likeness (QED) is 0.796. The maximum absolute atomic E-state index is 12.9. The Hall–Kier alpha value is -1.75. The van der Waals surface area contributed by atoms with Crippen molar-refractivity contribution in [2.75, 3.05) is 25.1 Å². The van der Waals surface area contributed by atoms with Gasteiger partial charge in [-0.1, -0.05) is 18.5 Å². The van der Waals surface area contributed by atoms with E-state index in [-0.39, 0.29) is 24.4 Å². The number of aryl methyl sites for hydroxylation is 1. The van der Waals surface area contributed by atoms with Gasteiger partial charge in [0.1, 0.15) is 12.3 Å². The molecule has 1 aromatic rings. The summed E-state index contributed by atoms with van der Waals surface area (Å²) in [6.45, 7) is 6.21. The number of carbonyl (C=O) groups excluding carboxylic acids is 2. The van der Waals surface area contributed by atoms with Crippen LogP contribution in [0.4, 0.5) is 5.69 Å². The van der Waals surface area contributed by atoms with Crippen molar-refractivity contribution in [2.45, 2.75) is 52.5 Å². The Morgan fingerprint density at radius 3 is 2.68 bits per heavy atom. The molecule has 1 unspecified atom stereocenters. The number of methoxy groups -OCH3 is 1. The van der Waals surface area contributed by atoms with Gasteiger partial charge in [-0.05, 0) is 44.2 Å². The fraction of sp³-hybridized carbons (Fsp3) is 0.579. The molecule has 1 aromatic carbocycles. The number of nitrogens with zero attached hydrogens (tertiary/aromatic N) is 2. The first kappa shape index (κ1) is 19.6. The highest BCUT2D eigenvalue weighted by Crippen LogP contribution is 2.34. The van der Waals surface area contributed by atoms with Crippen LogP contribution < -0.4 is 9.64 Å². The molecule has 6 heteroatoms. The van der Waals surface area contributed by atoms with Crippen molar-refractivity contribution >= 4 is 29.1 Å². The number of carbonyl (C=O) groups is 2. The van der Waals surface area contributed by atoms with Gasteiger partial charge in [-0.15, -0.1) is 0 Å². The molecule has 0 saturated carbocycles. The van der Waals surface area contributed by atoms with Crippen LogP contribution in [0.25, 0.3) is 0 Å². The number of hydrogen-bond acceptors (Lipinski definition) is 3. The Morgan fingerprint density at radius 2 is 2.08 bits per heavy atom. The monoisotopic (exact) mass is 366 g/mol. The predicted molar refractivity (Wildman–Crippen MR) is 100 cm³/mol. The molecule has 0 aliphatic carbocycles. The topological polar surface area (TPSA) is 49.9 Å². The van der Waals surface area contributed by atoms with Gasteiger partial charge in [-0.3, -0.25) is 14.5 Å². The Labute approximate surface area is 154 Å². The third-order valence-electron chi connectivity index (χ3n) is 4.84. The van der Waals surface area contributed by atoms with Gasteiger partial charge in [0.05, 0.1) is 12.8 Å². The first-order chi connectivity index (χ1) is 11.9. The molecule has 1 heterocycles. The summed E-state index contributed by atoms with van der Waals surface area (Å²) in [4.78, 5) is 28.5. The number of ether oxygens (including phenoxy) is 1. The van der Waals surface area contributed by atoms with Crippen molar-refractivity contribution in [3.8, 4) is 5.75 Å². The van der Waals surface area contributed by atoms with Crippen LogP contribution in [-0.2, 0) is 9.59 Å². The molecule has 138 valence electrons. The third kappa shape index (κ3) is 4.46. The third-order valence-corrected chi connectivity index (χ3v) is 5.25. The molecule has 0 spiro atoms. The van der Waals surface area contributed by atoms with Crippen LogP contribution in [0.5, 0.6) is 5.75 Å². The number of halogens is 1. The van der Waals surface area contributed by atoms with Gasteiger partial charge in [0.25, 0.3) is 0 Å². The lowest BCUT2D eigenvalue weighted by Crippen LogP contribution is -2.48. The van der Waals surface area contributed by atoms with Crippen molar-refractivity contribution in [3.05, 3.63) is 22.7 Å². The van der Waals surface area contributed by atoms with Gasteiger partial charge in [0, 0.05) is 30.6 Å². The lowest BCUT2D eigenvalue weighted by atomic mass is 10.00. The molecule has 0 N–H and O–H groups in total. The number of piperidine rings is 1. The molecule has 0 aromatic heterocycles. The smallest absolute Gasteiger partial charge is 0.242 e. The summed E-state index contributed by atoms with van der Waals surface area (Å²) in [5.74, 6) is 0.277. The zero-order chi connectivity index (χ0) is 18.6. The van der Waals surface area contributed by atoms with Gasteiger partial charge in [0.15, 0.2) is 0 Å². The predicted octanol–water partition coefficient (Wildman–Crippen LogP) is 3.80. The highest BCUT2D eigenvalue weighted by Gasteiger charge is 2.28. The molecule has 1 aliphatic rings. The van der Waals surface area contributed by atoms with Crippen LogP contribution >= 0.6 is 11.6 Å². The van der Waals surface area contributed by atoms with E-state index in [1.54, 1.807) is 12.1 Å². The fourth-order valence-corrected chi connectivity index (χ4v) is 3.52. The maximum Gasteiger partial charge on any atom is 0.242 e. The second kappa shape index (κ2) is 8.56. The van der Waals surface area contributed by atoms with E-state index in [1.807, 2.05) is 11.8 Å². The van der Waals surface area contributed by atoms with Gasteiger partial charge in [-0.2, -0.15) is 0 Å². The SMILES string of the molecule is CCC1CCCCN1C(=O)CN(C(C)=O)c1cc(C)c(Cl)cc1OC. The highest BCUT2D eigenvalue weighted by atomic mass is 35.5. The molecule has 1 saturated heterocycles. The van der Waals surface area contributed by atoms with Crippen LogP contribution in [0.2, 0.25) is 5.02 Å². The molecule has 1 atom stereocenters. The lowest BCUT2D eigenvalue weighted by molar-refractivity contribution is -0.134. The minimum atomic E-state index is -0.196. The Kier molecular flexibility index (Phi) is 6.71. The number of anilines is 1. The molecule has 2 rings (SSSR count). The maximum atomic E-state index is 12.9. The Balaban J connectivity index is 2.28. The first-order valence-corrected chi connectivity index (χ1v) is 9.18. The summed E-state index contributed by atoms with van der Waals surface area (Å²) < 4.78 is 5.38. The van der Waals surface area contributed by atoms with Crippen molar-refractivity contribution in [1.29, 1.82) is 0 Å². The van der Waals surface area contributed by atoms with Crippen LogP contribution in [0.3, 0.4) is 0 Å². The fourth-order valence-electron chi connectivity index (χ4n) is 3.37. The highest BCUT2D eigenvalue weighted by molar-refractivity contribution is 6.31. The Morgan fingerprint density at radius 1 is 1.36 bits per heavy atom. The summed E-state index contributed by atoms with van der Waals surface area (Å²) in [6.07, 6.45) is 4.15. The number of hydrogen-bond donors (Lipinski definition) is 0. The molecule has 5 nitrogen and oxygen atoms in total. The van der Waals surface area contributed by atoms with Crippen molar-refractivity contribution in [1.82, 2.24) is 4.90 Å². The molecule has 2 amide bonds. The minimum absolute atomic E-state index is 0.0171. The van der Waals surface area contributed by atoms with Crippen molar-refractivity contribution < 1.29 is 14.3 Å². The number of amides is 2. The van der Waals surface area contributed by atoms with E-state index in [1.165, 1.54) is 18.9 Å². The molecular weight excluding hydrogens is 340 g/mol. The minimum Gasteiger partial charge on any atom is -0.495 e. The molecule has 25 heavy (non-hydrogen) atoms. The van der Waals surface area contributed by atoms with E-state index in [0.717, 1.165) is 37.8 Å². The number of benzene rings is 1. The second-order valence-corrected chi connectivity index (χ2v) is 6.93. The standard InChI is InChI=1S/C19H27ClN2O3/c1-5-15-8-6-7-9-21(15)19(24)12-22(14(3)23)17-10-13(2)16(20)11-18(17)25-4/h10-11,15H,5-9,12H2,1-4H3. The van der Waals surface area contributed by atoms with E-state index in [9.17, 15) is 9.59 Å². The van der Waals surface area contributed by atoms with Crippen LogP contribution in [0.1, 0.15) is 45.1 Å². The van der Waals surface area contributed by atoms with Gasteiger partial charge >= 0.3 is 0 Å². The van der Waals surface area contributed by atoms with Gasteiger partial charge < -0.3 is 9.64 Å². The average Bonchev–Trinajstić information content (AvgIpc) is 2.61. The van der Waals surface area contributed by atoms with Gasteiger partial charge in [-0.25, -0.2) is 0 Å². The molecule has 1 aliphatic heterocycles. The molecule has 0 radical (unpaired) electrons. The zero-order valence-electron chi connectivity index (χ0n) is 15.5. The van der Waals surface area contributed by atoms with E-state index >= 15 is 0 Å². The largest absolute Gasteiger partial charge is 0.495 e. The van der Waals surface area contributed by atoms with E-state index in [2.05, 4.69) is 6.92 Å². The summed E-state index contributed by atoms with van der Waals surface area (Å²) in [5, 5.41) is 0.567. The number of rotatable bonds is 5. The lowest BCUT2D eigenvalue weighted by Gasteiger charge is -2.36.